The first-order valence-electron chi connectivity index (χ1n) is 8.62. The number of benzene rings is 1. The minimum absolute atomic E-state index is 0.0581. The monoisotopic (exact) mass is 479 g/mol. The minimum Gasteiger partial charge on any atom is -0.309 e. The number of hydrogen-bond donors (Lipinski definition) is 1. The van der Waals surface area contributed by atoms with Gasteiger partial charge >= 0.3 is 6.18 Å². The maximum Gasteiger partial charge on any atom is 0.436 e. The lowest BCUT2D eigenvalue weighted by atomic mass is 10.2. The minimum atomic E-state index is -4.66. The van der Waals surface area contributed by atoms with Gasteiger partial charge in [0.2, 0.25) is 5.91 Å². The van der Waals surface area contributed by atoms with E-state index in [1.165, 1.54) is 6.92 Å². The molecule has 160 valence electrons. The number of aryl methyl sites for hydroxylation is 1. The van der Waals surface area contributed by atoms with Gasteiger partial charge in [-0.15, -0.1) is 0 Å². The van der Waals surface area contributed by atoms with Crippen molar-refractivity contribution < 1.29 is 18.0 Å². The van der Waals surface area contributed by atoms with Crippen molar-refractivity contribution >= 4 is 46.5 Å². The van der Waals surface area contributed by atoms with Crippen LogP contribution in [0, 0.1) is 6.92 Å². The van der Waals surface area contributed by atoms with Crippen LogP contribution in [0.3, 0.4) is 0 Å². The predicted octanol–water partition coefficient (Wildman–Crippen LogP) is 5.44. The Morgan fingerprint density at radius 3 is 2.50 bits per heavy atom. The van der Waals surface area contributed by atoms with Gasteiger partial charge in [-0.1, -0.05) is 40.9 Å². The molecule has 0 aliphatic heterocycles. The number of hydrogen-bond acceptors (Lipinski definition) is 3. The zero-order valence-electron chi connectivity index (χ0n) is 15.5. The molecular weight excluding hydrogens is 466 g/mol. The molecule has 1 amide bonds. The number of anilines is 1. The summed E-state index contributed by atoms with van der Waals surface area (Å²) < 4.78 is 41.3. The quantitative estimate of drug-likeness (QED) is 0.511. The predicted molar refractivity (Wildman–Crippen MR) is 108 cm³/mol. The van der Waals surface area contributed by atoms with Crippen molar-refractivity contribution in [3.8, 4) is 0 Å². The highest BCUT2D eigenvalue weighted by atomic mass is 35.5. The molecule has 0 fully saturated rings. The summed E-state index contributed by atoms with van der Waals surface area (Å²) in [5, 5.41) is 10.7. The van der Waals surface area contributed by atoms with Gasteiger partial charge in [0.25, 0.3) is 0 Å². The van der Waals surface area contributed by atoms with E-state index in [9.17, 15) is 18.0 Å². The van der Waals surface area contributed by atoms with Gasteiger partial charge in [0.1, 0.15) is 0 Å². The van der Waals surface area contributed by atoms with Gasteiger partial charge in [-0.3, -0.25) is 14.2 Å². The van der Waals surface area contributed by atoms with Crippen LogP contribution in [-0.4, -0.2) is 25.5 Å². The number of nitrogens with one attached hydrogen (secondary N) is 1. The van der Waals surface area contributed by atoms with Gasteiger partial charge in [-0.25, -0.2) is 0 Å². The number of carbonyl (C=O) groups is 1. The normalized spacial score (nSPS) is 11.7. The summed E-state index contributed by atoms with van der Waals surface area (Å²) >= 11 is 17.6. The van der Waals surface area contributed by atoms with Crippen molar-refractivity contribution in [2.75, 3.05) is 5.32 Å². The Balaban J connectivity index is 1.58. The molecule has 1 aromatic carbocycles. The van der Waals surface area contributed by atoms with Crippen molar-refractivity contribution in [1.29, 1.82) is 0 Å². The maximum atomic E-state index is 12.9. The van der Waals surface area contributed by atoms with E-state index in [4.69, 9.17) is 34.8 Å². The number of aromatic nitrogens is 4. The number of rotatable bonds is 6. The SMILES string of the molecule is Cc1c(Cl)c(C(F)(F)F)nn1CCC(=O)Nc1ccn(Cc2ccc(Cl)c(Cl)c2)n1. The molecule has 2 heterocycles. The largest absolute Gasteiger partial charge is 0.436 e. The highest BCUT2D eigenvalue weighted by Crippen LogP contribution is 2.35. The lowest BCUT2D eigenvalue weighted by molar-refractivity contribution is -0.141. The van der Waals surface area contributed by atoms with Crippen LogP contribution in [0.4, 0.5) is 19.0 Å². The van der Waals surface area contributed by atoms with Gasteiger partial charge in [-0.05, 0) is 24.6 Å². The Kier molecular flexibility index (Phi) is 6.64. The summed E-state index contributed by atoms with van der Waals surface area (Å²) in [4.78, 5) is 12.1. The molecule has 6 nitrogen and oxygen atoms in total. The summed E-state index contributed by atoms with van der Waals surface area (Å²) in [5.74, 6) is -0.111. The van der Waals surface area contributed by atoms with Crippen LogP contribution >= 0.6 is 34.8 Å². The molecule has 2 aromatic heterocycles. The molecule has 0 aliphatic rings. The number of alkyl halides is 3. The molecule has 0 atom stereocenters. The van der Waals surface area contributed by atoms with Crippen LogP contribution in [0.1, 0.15) is 23.4 Å². The Labute approximate surface area is 184 Å². The van der Waals surface area contributed by atoms with E-state index in [-0.39, 0.29) is 18.7 Å². The molecule has 3 rings (SSSR count). The van der Waals surface area contributed by atoms with E-state index in [1.807, 2.05) is 0 Å². The highest BCUT2D eigenvalue weighted by molar-refractivity contribution is 6.42. The Hall–Kier alpha value is -2.23. The van der Waals surface area contributed by atoms with Gasteiger partial charge in [0.05, 0.1) is 33.9 Å². The van der Waals surface area contributed by atoms with Crippen molar-refractivity contribution in [2.45, 2.75) is 32.6 Å². The molecule has 3 aromatic rings. The summed E-state index contributed by atoms with van der Waals surface area (Å²) in [6, 6.07) is 6.81. The lowest BCUT2D eigenvalue weighted by Crippen LogP contribution is -2.16. The number of halogens is 6. The smallest absolute Gasteiger partial charge is 0.309 e. The fourth-order valence-electron chi connectivity index (χ4n) is 2.68. The second kappa shape index (κ2) is 8.87. The molecule has 0 bridgehead atoms. The number of carbonyl (C=O) groups excluding carboxylic acids is 1. The fraction of sp³-hybridized carbons (Fsp3) is 0.278. The van der Waals surface area contributed by atoms with Gasteiger partial charge in [0, 0.05) is 18.7 Å². The van der Waals surface area contributed by atoms with Crippen molar-refractivity contribution in [3.63, 3.8) is 0 Å². The summed E-state index contributed by atoms with van der Waals surface area (Å²) in [5.41, 5.74) is -0.150. The molecule has 0 aliphatic carbocycles. The van der Waals surface area contributed by atoms with Crippen molar-refractivity contribution in [2.24, 2.45) is 0 Å². The van der Waals surface area contributed by atoms with Gasteiger partial charge in [-0.2, -0.15) is 23.4 Å². The zero-order valence-corrected chi connectivity index (χ0v) is 17.7. The average molecular weight is 481 g/mol. The molecule has 1 N–H and O–H groups in total. The summed E-state index contributed by atoms with van der Waals surface area (Å²) in [6.07, 6.45) is -3.09. The Morgan fingerprint density at radius 2 is 1.87 bits per heavy atom. The summed E-state index contributed by atoms with van der Waals surface area (Å²) in [7, 11) is 0. The molecule has 12 heteroatoms. The van der Waals surface area contributed by atoms with E-state index in [0.29, 0.717) is 22.4 Å². The first-order valence-corrected chi connectivity index (χ1v) is 9.75. The third-order valence-electron chi connectivity index (χ3n) is 4.19. The summed E-state index contributed by atoms with van der Waals surface area (Å²) in [6.45, 7) is 1.77. The van der Waals surface area contributed by atoms with E-state index in [2.05, 4.69) is 15.5 Å². The zero-order chi connectivity index (χ0) is 22.1. The standard InChI is InChI=1S/C18H15Cl3F3N5O/c1-10-16(21)17(18(22,23)24)27-29(10)7-5-15(30)25-14-4-6-28(26-14)9-11-2-3-12(19)13(20)8-11/h2-4,6,8H,5,7,9H2,1H3,(H,25,26,30). The van der Waals surface area contributed by atoms with Crippen LogP contribution in [0.25, 0.3) is 0 Å². The third kappa shape index (κ3) is 5.27. The van der Waals surface area contributed by atoms with Crippen LogP contribution in [0.15, 0.2) is 30.5 Å². The molecule has 0 radical (unpaired) electrons. The number of amides is 1. The molecular formula is C18H15Cl3F3N5O. The van der Waals surface area contributed by atoms with Crippen molar-refractivity contribution in [3.05, 3.63) is 62.5 Å². The van der Waals surface area contributed by atoms with Crippen molar-refractivity contribution in [1.82, 2.24) is 19.6 Å². The maximum absolute atomic E-state index is 12.9. The molecule has 0 unspecified atom stereocenters. The van der Waals surface area contributed by atoms with Gasteiger partial charge in [0.15, 0.2) is 11.5 Å². The molecule has 0 spiro atoms. The Morgan fingerprint density at radius 1 is 1.13 bits per heavy atom. The average Bonchev–Trinajstić information content (AvgIpc) is 3.21. The van der Waals surface area contributed by atoms with Gasteiger partial charge < -0.3 is 5.32 Å². The topological polar surface area (TPSA) is 64.7 Å². The molecule has 30 heavy (non-hydrogen) atoms. The molecule has 0 saturated carbocycles. The van der Waals surface area contributed by atoms with Crippen LogP contribution in [0.2, 0.25) is 15.1 Å². The second-order valence-corrected chi connectivity index (χ2v) is 7.61. The number of nitrogens with zero attached hydrogens (tertiary/aromatic N) is 4. The van der Waals surface area contributed by atoms with Crippen LogP contribution in [0.5, 0.6) is 0 Å². The second-order valence-electron chi connectivity index (χ2n) is 6.41. The van der Waals surface area contributed by atoms with E-state index < -0.39 is 22.8 Å². The first kappa shape index (κ1) is 22.5. The molecule has 0 saturated heterocycles. The highest BCUT2D eigenvalue weighted by Gasteiger charge is 2.38. The van der Waals surface area contributed by atoms with E-state index in [1.54, 1.807) is 35.1 Å². The fourth-order valence-corrected chi connectivity index (χ4v) is 3.24. The van der Waals surface area contributed by atoms with E-state index >= 15 is 0 Å². The Bertz CT molecular complexity index is 1080. The van der Waals surface area contributed by atoms with Crippen LogP contribution in [-0.2, 0) is 24.1 Å². The van der Waals surface area contributed by atoms with E-state index in [0.717, 1.165) is 10.2 Å². The van der Waals surface area contributed by atoms with Crippen LogP contribution < -0.4 is 5.32 Å². The first-order chi connectivity index (χ1) is 14.0. The lowest BCUT2D eigenvalue weighted by Gasteiger charge is -2.06. The third-order valence-corrected chi connectivity index (χ3v) is 5.38.